The average Bonchev–Trinajstić information content (AvgIpc) is 3.76. The van der Waals surface area contributed by atoms with Crippen LogP contribution in [0.2, 0.25) is 5.02 Å². The minimum Gasteiger partial charge on any atom is -0.487 e. The highest BCUT2D eigenvalue weighted by atomic mass is 35.5. The van der Waals surface area contributed by atoms with Gasteiger partial charge >= 0.3 is 6.09 Å². The van der Waals surface area contributed by atoms with Crippen LogP contribution < -0.4 is 9.47 Å². The summed E-state index contributed by atoms with van der Waals surface area (Å²) in [6.45, 7) is 4.66. The van der Waals surface area contributed by atoms with Gasteiger partial charge in [0.25, 0.3) is 0 Å². The lowest BCUT2D eigenvalue weighted by molar-refractivity contribution is 0.0381. The number of aromatic nitrogens is 2. The standard InChI is InChI=1S/C31H29ClN4O6S/c1-31(2,3)42-30(37)36(43(4,38)39)18-22-17-34-28-14-20(7-12-27(28)35-22)19-5-8-23(9-6-19)40-25-13-21(16-33)29(26(32)15-25)41-24-10-11-24/h5-9,12-15,17,24H,10-11,18H2,1-4H3. The monoisotopic (exact) mass is 620 g/mol. The number of hydrogen-bond donors (Lipinski definition) is 0. The van der Waals surface area contributed by atoms with E-state index in [1.165, 1.54) is 6.20 Å². The summed E-state index contributed by atoms with van der Waals surface area (Å²) in [6.07, 6.45) is 3.42. The molecule has 0 aliphatic heterocycles. The minimum atomic E-state index is -3.91. The fourth-order valence-electron chi connectivity index (χ4n) is 4.12. The second-order valence-electron chi connectivity index (χ2n) is 11.2. The predicted molar refractivity (Wildman–Crippen MR) is 161 cm³/mol. The summed E-state index contributed by atoms with van der Waals surface area (Å²) < 4.78 is 42.2. The van der Waals surface area contributed by atoms with Crippen LogP contribution in [0, 0.1) is 11.3 Å². The van der Waals surface area contributed by atoms with Crippen molar-refractivity contribution in [1.29, 1.82) is 5.26 Å². The zero-order chi connectivity index (χ0) is 30.9. The summed E-state index contributed by atoms with van der Waals surface area (Å²) in [5.74, 6) is 1.37. The molecule has 1 aliphatic carbocycles. The molecule has 43 heavy (non-hydrogen) atoms. The van der Waals surface area contributed by atoms with E-state index in [-0.39, 0.29) is 12.6 Å². The third-order valence-corrected chi connectivity index (χ3v) is 7.62. The lowest BCUT2D eigenvalue weighted by Crippen LogP contribution is -2.40. The number of fused-ring (bicyclic) bond motifs is 1. The van der Waals surface area contributed by atoms with Gasteiger partial charge < -0.3 is 14.2 Å². The molecule has 0 spiro atoms. The Balaban J connectivity index is 1.31. The fraction of sp³-hybridized carbons (Fsp3) is 0.290. The van der Waals surface area contributed by atoms with Crippen LogP contribution >= 0.6 is 11.6 Å². The molecule has 0 N–H and O–H groups in total. The van der Waals surface area contributed by atoms with Gasteiger partial charge in [0.1, 0.15) is 23.2 Å². The van der Waals surface area contributed by atoms with E-state index in [1.54, 1.807) is 51.1 Å². The van der Waals surface area contributed by atoms with Crippen LogP contribution in [0.15, 0.2) is 60.8 Å². The molecule has 0 atom stereocenters. The Morgan fingerprint density at radius 2 is 1.74 bits per heavy atom. The van der Waals surface area contributed by atoms with Gasteiger partial charge in [0, 0.05) is 12.1 Å². The van der Waals surface area contributed by atoms with Crippen molar-refractivity contribution in [2.45, 2.75) is 51.9 Å². The van der Waals surface area contributed by atoms with Gasteiger partial charge in [-0.1, -0.05) is 29.8 Å². The molecule has 10 nitrogen and oxygen atoms in total. The van der Waals surface area contributed by atoms with Gasteiger partial charge in [-0.25, -0.2) is 18.2 Å². The highest BCUT2D eigenvalue weighted by molar-refractivity contribution is 7.88. The largest absolute Gasteiger partial charge is 0.487 e. The van der Waals surface area contributed by atoms with Crippen molar-refractivity contribution in [3.63, 3.8) is 0 Å². The summed E-state index contributed by atoms with van der Waals surface area (Å²) >= 11 is 6.38. The number of amides is 1. The van der Waals surface area contributed by atoms with Crippen molar-refractivity contribution >= 4 is 38.8 Å². The van der Waals surface area contributed by atoms with Crippen LogP contribution in [0.4, 0.5) is 4.79 Å². The lowest BCUT2D eigenvalue weighted by Gasteiger charge is -2.25. The third kappa shape index (κ3) is 7.52. The number of benzene rings is 3. The summed E-state index contributed by atoms with van der Waals surface area (Å²) in [5.41, 5.74) is 2.67. The summed E-state index contributed by atoms with van der Waals surface area (Å²) in [5, 5.41) is 9.88. The number of halogens is 1. The molecule has 4 aromatic rings. The Labute approximate surface area is 254 Å². The Morgan fingerprint density at radius 3 is 2.37 bits per heavy atom. The molecule has 1 saturated carbocycles. The molecule has 1 amide bonds. The topological polar surface area (TPSA) is 132 Å². The first kappa shape index (κ1) is 30.1. The Kier molecular flexibility index (Phi) is 8.18. The number of nitrogens with zero attached hydrogens (tertiary/aromatic N) is 4. The molecule has 3 aromatic carbocycles. The van der Waals surface area contributed by atoms with Crippen LogP contribution in [0.25, 0.3) is 22.2 Å². The summed E-state index contributed by atoms with van der Waals surface area (Å²) in [7, 11) is -3.91. The zero-order valence-corrected chi connectivity index (χ0v) is 25.6. The van der Waals surface area contributed by atoms with Crippen molar-refractivity contribution < 1.29 is 27.4 Å². The molecule has 5 rings (SSSR count). The molecule has 0 saturated heterocycles. The van der Waals surface area contributed by atoms with E-state index in [9.17, 15) is 18.5 Å². The Morgan fingerprint density at radius 1 is 1.05 bits per heavy atom. The molecule has 0 bridgehead atoms. The van der Waals surface area contributed by atoms with E-state index in [1.807, 2.05) is 24.3 Å². The van der Waals surface area contributed by atoms with Crippen molar-refractivity contribution in [1.82, 2.24) is 14.3 Å². The van der Waals surface area contributed by atoms with Crippen LogP contribution in [-0.4, -0.2) is 46.7 Å². The first-order chi connectivity index (χ1) is 20.3. The van der Waals surface area contributed by atoms with E-state index in [2.05, 4.69) is 16.0 Å². The SMILES string of the molecule is CC(C)(C)OC(=O)N(Cc1cnc2cc(-c3ccc(Oc4cc(Cl)c(OC5CC5)c(C#N)c4)cc3)ccc2n1)S(C)(=O)=O. The number of ether oxygens (including phenoxy) is 3. The van der Waals surface area contributed by atoms with E-state index < -0.39 is 21.7 Å². The first-order valence-electron chi connectivity index (χ1n) is 13.4. The number of nitriles is 1. The fourth-order valence-corrected chi connectivity index (χ4v) is 5.05. The molecular formula is C31H29ClN4O6S. The van der Waals surface area contributed by atoms with Gasteiger partial charge in [0.15, 0.2) is 5.75 Å². The molecule has 1 aromatic heterocycles. The van der Waals surface area contributed by atoms with Crippen molar-refractivity contribution in [3.05, 3.63) is 77.1 Å². The van der Waals surface area contributed by atoms with E-state index >= 15 is 0 Å². The van der Waals surface area contributed by atoms with Crippen molar-refractivity contribution in [2.24, 2.45) is 0 Å². The molecular weight excluding hydrogens is 592 g/mol. The molecule has 1 fully saturated rings. The zero-order valence-electron chi connectivity index (χ0n) is 24.0. The predicted octanol–water partition coefficient (Wildman–Crippen LogP) is 6.85. The Hall–Kier alpha value is -4.40. The van der Waals surface area contributed by atoms with Crippen molar-refractivity contribution in [2.75, 3.05) is 6.26 Å². The van der Waals surface area contributed by atoms with Gasteiger partial charge in [-0.05, 0) is 69.0 Å². The second kappa shape index (κ2) is 11.7. The number of sulfonamides is 1. The number of rotatable bonds is 8. The molecule has 0 unspecified atom stereocenters. The number of hydrogen-bond acceptors (Lipinski definition) is 9. The van der Waals surface area contributed by atoms with Gasteiger partial charge in [-0.15, -0.1) is 0 Å². The number of carbonyl (C=O) groups excluding carboxylic acids is 1. The first-order valence-corrected chi connectivity index (χ1v) is 15.7. The molecule has 0 radical (unpaired) electrons. The van der Waals surface area contributed by atoms with Crippen LogP contribution in [-0.2, 0) is 21.3 Å². The molecule has 1 heterocycles. The van der Waals surface area contributed by atoms with Gasteiger partial charge in [0.05, 0.1) is 52.4 Å². The van der Waals surface area contributed by atoms with Crippen LogP contribution in [0.5, 0.6) is 17.2 Å². The van der Waals surface area contributed by atoms with Gasteiger partial charge in [-0.2, -0.15) is 9.57 Å². The highest BCUT2D eigenvalue weighted by Gasteiger charge is 2.29. The molecule has 1 aliphatic rings. The average molecular weight is 621 g/mol. The second-order valence-corrected chi connectivity index (χ2v) is 13.5. The van der Waals surface area contributed by atoms with E-state index in [0.29, 0.717) is 48.9 Å². The highest BCUT2D eigenvalue weighted by Crippen LogP contribution is 2.38. The van der Waals surface area contributed by atoms with E-state index in [0.717, 1.165) is 30.2 Å². The normalized spacial score (nSPS) is 13.3. The summed E-state index contributed by atoms with van der Waals surface area (Å²) in [6, 6.07) is 18.3. The molecule has 222 valence electrons. The maximum atomic E-state index is 12.5. The minimum absolute atomic E-state index is 0.112. The van der Waals surface area contributed by atoms with Gasteiger partial charge in [0.2, 0.25) is 10.0 Å². The lowest BCUT2D eigenvalue weighted by atomic mass is 10.0. The third-order valence-electron chi connectivity index (χ3n) is 6.27. The maximum Gasteiger partial charge on any atom is 0.424 e. The van der Waals surface area contributed by atoms with Crippen molar-refractivity contribution in [3.8, 4) is 34.4 Å². The number of carbonyl (C=O) groups is 1. The smallest absolute Gasteiger partial charge is 0.424 e. The van der Waals surface area contributed by atoms with Crippen LogP contribution in [0.1, 0.15) is 44.9 Å². The van der Waals surface area contributed by atoms with E-state index in [4.69, 9.17) is 25.8 Å². The Bertz CT molecular complexity index is 1850. The summed E-state index contributed by atoms with van der Waals surface area (Å²) in [4.78, 5) is 21.5. The van der Waals surface area contributed by atoms with Gasteiger partial charge in [-0.3, -0.25) is 4.98 Å². The quantitative estimate of drug-likeness (QED) is 0.207. The van der Waals surface area contributed by atoms with Crippen LogP contribution in [0.3, 0.4) is 0 Å². The maximum absolute atomic E-state index is 12.5. The molecule has 12 heteroatoms.